The van der Waals surface area contributed by atoms with Crippen molar-refractivity contribution in [3.8, 4) is 16.9 Å². The first-order valence-corrected chi connectivity index (χ1v) is 7.79. The Kier molecular flexibility index (Phi) is 4.53. The van der Waals surface area contributed by atoms with Crippen LogP contribution in [0.25, 0.3) is 22.1 Å². The molecule has 0 aliphatic carbocycles. The van der Waals surface area contributed by atoms with Gasteiger partial charge in [-0.2, -0.15) is 0 Å². The van der Waals surface area contributed by atoms with Crippen molar-refractivity contribution in [2.24, 2.45) is 5.73 Å². The van der Waals surface area contributed by atoms with Crippen molar-refractivity contribution in [1.82, 2.24) is 0 Å². The van der Waals surface area contributed by atoms with Crippen LogP contribution in [0.15, 0.2) is 46.9 Å². The smallest absolute Gasteiger partial charge is 0.255 e. The lowest BCUT2D eigenvalue weighted by molar-refractivity contribution is -0.119. The van der Waals surface area contributed by atoms with E-state index in [1.807, 2.05) is 37.3 Å². The van der Waals surface area contributed by atoms with E-state index in [9.17, 15) is 9.90 Å². The Balaban J connectivity index is 2.03. The normalized spacial score (nSPS) is 10.9. The van der Waals surface area contributed by atoms with Gasteiger partial charge >= 0.3 is 0 Å². The number of hydrogen-bond acceptors (Lipinski definition) is 4. The van der Waals surface area contributed by atoms with Crippen LogP contribution < -0.4 is 10.5 Å². The molecule has 5 nitrogen and oxygen atoms in total. The van der Waals surface area contributed by atoms with Crippen LogP contribution in [-0.2, 0) is 17.8 Å². The summed E-state index contributed by atoms with van der Waals surface area (Å²) in [5.74, 6) is 0.872. The molecule has 0 unspecified atom stereocenters. The van der Waals surface area contributed by atoms with Crippen LogP contribution in [0, 0.1) is 0 Å². The lowest BCUT2D eigenvalue weighted by Gasteiger charge is -2.07. The molecular formula is C19H19NO4. The number of aryl methyl sites for hydroxylation is 1. The summed E-state index contributed by atoms with van der Waals surface area (Å²) in [7, 11) is 0. The van der Waals surface area contributed by atoms with E-state index in [-0.39, 0.29) is 13.2 Å². The van der Waals surface area contributed by atoms with Crippen LogP contribution in [0.4, 0.5) is 0 Å². The Morgan fingerprint density at radius 3 is 2.58 bits per heavy atom. The average molecular weight is 325 g/mol. The summed E-state index contributed by atoms with van der Waals surface area (Å²) < 4.78 is 11.1. The summed E-state index contributed by atoms with van der Waals surface area (Å²) in [6, 6.07) is 13.2. The van der Waals surface area contributed by atoms with E-state index in [0.717, 1.165) is 39.8 Å². The first kappa shape index (κ1) is 16.1. The van der Waals surface area contributed by atoms with Crippen LogP contribution in [0.2, 0.25) is 0 Å². The van der Waals surface area contributed by atoms with Crippen molar-refractivity contribution < 1.29 is 19.1 Å². The number of primary amides is 1. The van der Waals surface area contributed by atoms with E-state index in [0.29, 0.717) is 5.75 Å². The number of carbonyl (C=O) groups is 1. The Hall–Kier alpha value is -2.79. The van der Waals surface area contributed by atoms with Gasteiger partial charge in [0.2, 0.25) is 0 Å². The quantitative estimate of drug-likeness (QED) is 0.729. The predicted molar refractivity (Wildman–Crippen MR) is 91.6 cm³/mol. The van der Waals surface area contributed by atoms with E-state index in [1.165, 1.54) is 0 Å². The maximum atomic E-state index is 10.8. The number of fused-ring (bicyclic) bond motifs is 1. The third kappa shape index (κ3) is 2.98. The Morgan fingerprint density at radius 2 is 1.96 bits per heavy atom. The number of amides is 1. The van der Waals surface area contributed by atoms with Crippen molar-refractivity contribution in [2.45, 2.75) is 20.0 Å². The fraction of sp³-hybridized carbons (Fsp3) is 0.211. The Bertz CT molecular complexity index is 865. The minimum absolute atomic E-state index is 0.0625. The highest BCUT2D eigenvalue weighted by Crippen LogP contribution is 2.35. The van der Waals surface area contributed by atoms with Crippen molar-refractivity contribution >= 4 is 16.9 Å². The minimum Gasteiger partial charge on any atom is -0.484 e. The molecule has 24 heavy (non-hydrogen) atoms. The molecule has 3 N–H and O–H groups in total. The second-order valence-corrected chi connectivity index (χ2v) is 5.47. The molecule has 2 aromatic carbocycles. The fourth-order valence-corrected chi connectivity index (χ4v) is 2.84. The third-order valence-corrected chi connectivity index (χ3v) is 3.92. The monoisotopic (exact) mass is 325 g/mol. The maximum absolute atomic E-state index is 10.8. The van der Waals surface area contributed by atoms with Crippen molar-refractivity contribution in [1.29, 1.82) is 0 Å². The van der Waals surface area contributed by atoms with Crippen LogP contribution in [0.1, 0.15) is 18.2 Å². The van der Waals surface area contributed by atoms with Gasteiger partial charge in [0.25, 0.3) is 5.91 Å². The molecule has 0 saturated carbocycles. The molecule has 5 heteroatoms. The van der Waals surface area contributed by atoms with E-state index in [2.05, 4.69) is 0 Å². The van der Waals surface area contributed by atoms with Gasteiger partial charge in [0, 0.05) is 17.4 Å². The maximum Gasteiger partial charge on any atom is 0.255 e. The second kappa shape index (κ2) is 6.76. The van der Waals surface area contributed by atoms with Gasteiger partial charge in [0.15, 0.2) is 6.61 Å². The first-order valence-electron chi connectivity index (χ1n) is 7.79. The van der Waals surface area contributed by atoms with E-state index in [1.54, 1.807) is 12.1 Å². The molecule has 0 saturated heterocycles. The minimum atomic E-state index is -0.512. The van der Waals surface area contributed by atoms with Gasteiger partial charge in [-0.05, 0) is 29.3 Å². The summed E-state index contributed by atoms with van der Waals surface area (Å²) in [6.07, 6.45) is 0.726. The molecular weight excluding hydrogens is 306 g/mol. The highest BCUT2D eigenvalue weighted by atomic mass is 16.5. The van der Waals surface area contributed by atoms with Crippen LogP contribution in [0.3, 0.4) is 0 Å². The highest BCUT2D eigenvalue weighted by molar-refractivity contribution is 5.97. The van der Waals surface area contributed by atoms with Crippen molar-refractivity contribution in [2.75, 3.05) is 6.61 Å². The number of ether oxygens (including phenoxy) is 1. The largest absolute Gasteiger partial charge is 0.484 e. The lowest BCUT2D eigenvalue weighted by atomic mass is 9.98. The standard InChI is InChI=1S/C19H19NO4/c1-2-16-15(10-21)19-14(4-3-5-17(19)24-16)12-6-8-13(9-7-12)23-11-18(20)22/h3-9,21H,2,10-11H2,1H3,(H2,20,22). The molecule has 1 amide bonds. The molecule has 3 rings (SSSR count). The first-order chi connectivity index (χ1) is 11.6. The summed E-state index contributed by atoms with van der Waals surface area (Å²) >= 11 is 0. The van der Waals surface area contributed by atoms with Gasteiger partial charge in [0.1, 0.15) is 17.1 Å². The zero-order valence-corrected chi connectivity index (χ0v) is 13.4. The molecule has 0 radical (unpaired) electrons. The second-order valence-electron chi connectivity index (χ2n) is 5.47. The SMILES string of the molecule is CCc1oc2cccc(-c3ccc(OCC(N)=O)cc3)c2c1CO. The highest BCUT2D eigenvalue weighted by Gasteiger charge is 2.16. The summed E-state index contributed by atoms with van der Waals surface area (Å²) in [5, 5.41) is 10.7. The molecule has 0 spiro atoms. The van der Waals surface area contributed by atoms with Gasteiger partial charge in [-0.3, -0.25) is 4.79 Å². The van der Waals surface area contributed by atoms with E-state index in [4.69, 9.17) is 14.9 Å². The van der Waals surface area contributed by atoms with Gasteiger partial charge < -0.3 is 20.0 Å². The van der Waals surface area contributed by atoms with Gasteiger partial charge in [-0.15, -0.1) is 0 Å². The van der Waals surface area contributed by atoms with E-state index >= 15 is 0 Å². The van der Waals surface area contributed by atoms with Crippen LogP contribution >= 0.6 is 0 Å². The topological polar surface area (TPSA) is 85.7 Å². The van der Waals surface area contributed by atoms with Gasteiger partial charge in [-0.1, -0.05) is 31.2 Å². The molecule has 1 heterocycles. The average Bonchev–Trinajstić information content (AvgIpc) is 2.98. The Labute approximate surface area is 139 Å². The number of aliphatic hydroxyl groups excluding tert-OH is 1. The molecule has 0 bridgehead atoms. The van der Waals surface area contributed by atoms with E-state index < -0.39 is 5.91 Å². The van der Waals surface area contributed by atoms with Crippen molar-refractivity contribution in [3.63, 3.8) is 0 Å². The fourth-order valence-electron chi connectivity index (χ4n) is 2.84. The zero-order chi connectivity index (χ0) is 17.1. The molecule has 0 aliphatic rings. The lowest BCUT2D eigenvalue weighted by Crippen LogP contribution is -2.19. The number of carbonyl (C=O) groups excluding carboxylic acids is 1. The summed E-state index contributed by atoms with van der Waals surface area (Å²) in [4.78, 5) is 10.8. The number of nitrogens with two attached hydrogens (primary N) is 1. The summed E-state index contributed by atoms with van der Waals surface area (Å²) in [6.45, 7) is 1.79. The zero-order valence-electron chi connectivity index (χ0n) is 13.4. The molecule has 3 aromatic rings. The van der Waals surface area contributed by atoms with Crippen LogP contribution in [0.5, 0.6) is 5.75 Å². The number of furan rings is 1. The number of aliphatic hydroxyl groups is 1. The summed E-state index contributed by atoms with van der Waals surface area (Å²) in [5.41, 5.74) is 8.63. The number of rotatable bonds is 6. The number of benzene rings is 2. The molecule has 124 valence electrons. The Morgan fingerprint density at radius 1 is 1.21 bits per heavy atom. The van der Waals surface area contributed by atoms with Crippen molar-refractivity contribution in [3.05, 3.63) is 53.8 Å². The van der Waals surface area contributed by atoms with Gasteiger partial charge in [-0.25, -0.2) is 0 Å². The number of hydrogen-bond donors (Lipinski definition) is 2. The molecule has 1 aromatic heterocycles. The molecule has 0 atom stereocenters. The third-order valence-electron chi connectivity index (χ3n) is 3.92. The molecule has 0 fully saturated rings. The predicted octanol–water partition coefficient (Wildman–Crippen LogP) is 3.02. The van der Waals surface area contributed by atoms with Gasteiger partial charge in [0.05, 0.1) is 6.61 Å². The molecule has 0 aliphatic heterocycles. The van der Waals surface area contributed by atoms with Crippen LogP contribution in [-0.4, -0.2) is 17.6 Å².